The zero-order chi connectivity index (χ0) is 25.7. The summed E-state index contributed by atoms with van der Waals surface area (Å²) in [4.78, 5) is 26.7. The molecule has 0 radical (unpaired) electrons. The molecule has 184 valence electrons. The molecule has 0 spiro atoms. The Hall–Kier alpha value is -4.11. The number of phenols is 1. The largest absolute Gasteiger partial charge is 0.507 e. The predicted molar refractivity (Wildman–Crippen MR) is 139 cm³/mol. The van der Waals surface area contributed by atoms with Gasteiger partial charge in [-0.15, -0.1) is 0 Å². The molecular weight excluding hydrogens is 478 g/mol. The highest BCUT2D eigenvalue weighted by atomic mass is 32.2. The Bertz CT molecular complexity index is 1370. The first-order valence-corrected chi connectivity index (χ1v) is 12.0. The molecule has 1 saturated heterocycles. The minimum Gasteiger partial charge on any atom is -0.507 e. The highest BCUT2D eigenvalue weighted by Crippen LogP contribution is 2.35. The van der Waals surface area contributed by atoms with E-state index in [9.17, 15) is 14.7 Å². The summed E-state index contributed by atoms with van der Waals surface area (Å²) >= 11 is 0.811. The van der Waals surface area contributed by atoms with E-state index in [1.54, 1.807) is 31.4 Å². The van der Waals surface area contributed by atoms with Crippen LogP contribution in [0.3, 0.4) is 0 Å². The van der Waals surface area contributed by atoms with Crippen molar-refractivity contribution in [2.45, 2.75) is 13.8 Å². The molecule has 1 heterocycles. The predicted octanol–water partition coefficient (Wildman–Crippen LogP) is 6.55. The summed E-state index contributed by atoms with van der Waals surface area (Å²) in [6.07, 6.45) is 1.48. The second-order valence-corrected chi connectivity index (χ2v) is 9.04. The van der Waals surface area contributed by atoms with Gasteiger partial charge >= 0.3 is 0 Å². The number of aryl methyl sites for hydroxylation is 2. The lowest BCUT2D eigenvalue weighted by atomic mass is 10.1. The summed E-state index contributed by atoms with van der Waals surface area (Å²) in [6.45, 7) is 4.23. The fourth-order valence-corrected chi connectivity index (χ4v) is 4.30. The number of carbonyl (C=O) groups is 2. The van der Waals surface area contributed by atoms with E-state index in [-0.39, 0.29) is 23.8 Å². The van der Waals surface area contributed by atoms with Gasteiger partial charge in [-0.1, -0.05) is 18.2 Å². The van der Waals surface area contributed by atoms with Crippen LogP contribution in [0.4, 0.5) is 16.2 Å². The van der Waals surface area contributed by atoms with E-state index in [1.165, 1.54) is 17.7 Å². The Balaban J connectivity index is 1.45. The lowest BCUT2D eigenvalue weighted by molar-refractivity contribution is -0.123. The van der Waals surface area contributed by atoms with Crippen molar-refractivity contribution in [1.29, 1.82) is 0 Å². The first-order valence-electron chi connectivity index (χ1n) is 11.2. The van der Waals surface area contributed by atoms with Gasteiger partial charge in [0, 0.05) is 5.56 Å². The van der Waals surface area contributed by atoms with Crippen LogP contribution in [-0.2, 0) is 4.79 Å². The minimum absolute atomic E-state index is 0.0357. The lowest BCUT2D eigenvalue weighted by Crippen LogP contribution is -2.32. The van der Waals surface area contributed by atoms with E-state index in [2.05, 4.69) is 10.2 Å². The maximum absolute atomic E-state index is 12.9. The van der Waals surface area contributed by atoms with Crippen LogP contribution in [0.2, 0.25) is 0 Å². The molecule has 4 rings (SSSR count). The van der Waals surface area contributed by atoms with Crippen molar-refractivity contribution in [1.82, 2.24) is 4.90 Å². The summed E-state index contributed by atoms with van der Waals surface area (Å²) in [6, 6.07) is 17.6. The van der Waals surface area contributed by atoms with E-state index in [0.29, 0.717) is 28.4 Å². The standard InChI is InChI=1S/C27H25N3O5S/c1-17-8-9-20(14-18(17)2)28-29-21-10-11-22(31)19(15-21)16-25-26(32)30(27(33)36-25)12-13-35-24-7-5-4-6-23(24)34-3/h4-11,14-16,31H,12-13H2,1-3H3/b25-16-,29-28?. The highest BCUT2D eigenvalue weighted by Gasteiger charge is 2.35. The van der Waals surface area contributed by atoms with E-state index in [0.717, 1.165) is 22.2 Å². The third-order valence-corrected chi connectivity index (χ3v) is 6.49. The number of thioether (sulfide) groups is 1. The summed E-state index contributed by atoms with van der Waals surface area (Å²) in [5.74, 6) is 0.609. The number of hydrogen-bond donors (Lipinski definition) is 1. The first kappa shape index (κ1) is 25.0. The summed E-state index contributed by atoms with van der Waals surface area (Å²) in [5, 5.41) is 18.4. The number of imide groups is 1. The number of amides is 2. The van der Waals surface area contributed by atoms with Gasteiger partial charge in [0.2, 0.25) is 0 Å². The van der Waals surface area contributed by atoms with Gasteiger partial charge in [-0.2, -0.15) is 10.2 Å². The summed E-state index contributed by atoms with van der Waals surface area (Å²) in [5.41, 5.74) is 3.86. The summed E-state index contributed by atoms with van der Waals surface area (Å²) in [7, 11) is 1.54. The zero-order valence-corrected chi connectivity index (χ0v) is 20.9. The van der Waals surface area contributed by atoms with Crippen LogP contribution in [0.25, 0.3) is 6.08 Å². The van der Waals surface area contributed by atoms with Crippen molar-refractivity contribution >= 4 is 40.4 Å². The van der Waals surface area contributed by atoms with Crippen LogP contribution in [-0.4, -0.2) is 41.4 Å². The van der Waals surface area contributed by atoms with Crippen LogP contribution in [0.15, 0.2) is 75.8 Å². The quantitative estimate of drug-likeness (QED) is 0.276. The molecule has 9 heteroatoms. The molecular formula is C27H25N3O5S. The van der Waals surface area contributed by atoms with E-state index in [1.807, 2.05) is 44.2 Å². The smallest absolute Gasteiger partial charge is 0.293 e. The molecule has 3 aromatic carbocycles. The van der Waals surface area contributed by atoms with Gasteiger partial charge in [-0.05, 0) is 85.3 Å². The van der Waals surface area contributed by atoms with Crippen molar-refractivity contribution < 1.29 is 24.2 Å². The Morgan fingerprint density at radius 3 is 2.36 bits per heavy atom. The zero-order valence-electron chi connectivity index (χ0n) is 20.1. The second kappa shape index (κ2) is 11.1. The number of para-hydroxylation sites is 2. The van der Waals surface area contributed by atoms with Gasteiger partial charge < -0.3 is 14.6 Å². The number of ether oxygens (including phenoxy) is 2. The van der Waals surface area contributed by atoms with Gasteiger partial charge in [-0.3, -0.25) is 14.5 Å². The van der Waals surface area contributed by atoms with Crippen molar-refractivity contribution in [2.75, 3.05) is 20.3 Å². The Morgan fingerprint density at radius 2 is 1.64 bits per heavy atom. The molecule has 1 N–H and O–H groups in total. The van der Waals surface area contributed by atoms with Crippen LogP contribution in [0.5, 0.6) is 17.2 Å². The number of methoxy groups -OCH3 is 1. The molecule has 0 aromatic heterocycles. The maximum atomic E-state index is 12.9. The van der Waals surface area contributed by atoms with Crippen molar-refractivity contribution in [2.24, 2.45) is 10.2 Å². The molecule has 0 bridgehead atoms. The molecule has 0 aliphatic carbocycles. The third kappa shape index (κ3) is 5.75. The van der Waals surface area contributed by atoms with Crippen LogP contribution in [0.1, 0.15) is 16.7 Å². The first-order chi connectivity index (χ1) is 17.4. The van der Waals surface area contributed by atoms with E-state index in [4.69, 9.17) is 9.47 Å². The van der Waals surface area contributed by atoms with Crippen LogP contribution >= 0.6 is 11.8 Å². The van der Waals surface area contributed by atoms with Crippen molar-refractivity contribution in [3.8, 4) is 17.2 Å². The monoisotopic (exact) mass is 503 g/mol. The third-order valence-electron chi connectivity index (χ3n) is 5.58. The minimum atomic E-state index is -0.449. The number of phenolic OH excluding ortho intramolecular Hbond substituents is 1. The molecule has 0 atom stereocenters. The van der Waals surface area contributed by atoms with Gasteiger partial charge in [-0.25, -0.2) is 0 Å². The number of aromatic hydroxyl groups is 1. The molecule has 0 unspecified atom stereocenters. The number of benzene rings is 3. The Morgan fingerprint density at radius 1 is 0.944 bits per heavy atom. The number of carbonyl (C=O) groups excluding carboxylic acids is 2. The highest BCUT2D eigenvalue weighted by molar-refractivity contribution is 8.18. The normalized spacial score (nSPS) is 14.8. The van der Waals surface area contributed by atoms with Crippen LogP contribution < -0.4 is 9.47 Å². The number of azo groups is 1. The van der Waals surface area contributed by atoms with Gasteiger partial charge in [0.25, 0.3) is 11.1 Å². The second-order valence-electron chi connectivity index (χ2n) is 8.04. The van der Waals surface area contributed by atoms with Crippen LogP contribution in [0, 0.1) is 13.8 Å². The average Bonchev–Trinajstić information content (AvgIpc) is 3.14. The van der Waals surface area contributed by atoms with Crippen molar-refractivity contribution in [3.63, 3.8) is 0 Å². The SMILES string of the molecule is COc1ccccc1OCCN1C(=O)S/C(=C\c2cc(N=Nc3ccc(C)c(C)c3)ccc2O)C1=O. The number of hydrogen-bond acceptors (Lipinski definition) is 8. The lowest BCUT2D eigenvalue weighted by Gasteiger charge is -2.14. The molecule has 0 saturated carbocycles. The molecule has 1 aliphatic rings. The average molecular weight is 504 g/mol. The Kier molecular flexibility index (Phi) is 7.70. The van der Waals surface area contributed by atoms with E-state index < -0.39 is 11.1 Å². The Labute approximate surface area is 213 Å². The molecule has 36 heavy (non-hydrogen) atoms. The molecule has 1 aliphatic heterocycles. The number of rotatable bonds is 8. The fraction of sp³-hybridized carbons (Fsp3) is 0.185. The van der Waals surface area contributed by atoms with Gasteiger partial charge in [0.15, 0.2) is 11.5 Å². The maximum Gasteiger partial charge on any atom is 0.293 e. The summed E-state index contributed by atoms with van der Waals surface area (Å²) < 4.78 is 10.9. The topological polar surface area (TPSA) is 101 Å². The molecule has 3 aromatic rings. The molecule has 8 nitrogen and oxygen atoms in total. The van der Waals surface area contributed by atoms with Gasteiger partial charge in [0.1, 0.15) is 12.4 Å². The fourth-order valence-electron chi connectivity index (χ4n) is 3.44. The van der Waals surface area contributed by atoms with Gasteiger partial charge in [0.05, 0.1) is 29.9 Å². The molecule has 1 fully saturated rings. The van der Waals surface area contributed by atoms with Crippen molar-refractivity contribution in [3.05, 3.63) is 82.3 Å². The molecule has 2 amide bonds. The number of nitrogens with zero attached hydrogens (tertiary/aromatic N) is 3. The van der Waals surface area contributed by atoms with E-state index >= 15 is 0 Å².